The molecule has 0 radical (unpaired) electrons. The van der Waals surface area contributed by atoms with Gasteiger partial charge in [-0.25, -0.2) is 4.79 Å². The van der Waals surface area contributed by atoms with E-state index in [4.69, 9.17) is 4.74 Å². The summed E-state index contributed by atoms with van der Waals surface area (Å²) in [6.07, 6.45) is 0.960. The molecule has 1 aliphatic rings. The number of nitrogens with one attached hydrogen (secondary N) is 1. The molecule has 19 heavy (non-hydrogen) atoms. The number of aldehydes is 1. The van der Waals surface area contributed by atoms with Crippen molar-refractivity contribution in [2.75, 3.05) is 18.1 Å². The fourth-order valence-corrected chi connectivity index (χ4v) is 1.94. The van der Waals surface area contributed by atoms with Gasteiger partial charge in [0.05, 0.1) is 0 Å². The number of benzene rings is 1. The van der Waals surface area contributed by atoms with Crippen molar-refractivity contribution in [3.8, 4) is 5.75 Å². The molecule has 1 aliphatic heterocycles. The van der Waals surface area contributed by atoms with Gasteiger partial charge in [0.2, 0.25) is 5.91 Å². The molecule has 3 amide bonds. The number of nitrogens with zero attached hydrogens (tertiary/aromatic N) is 1. The summed E-state index contributed by atoms with van der Waals surface area (Å²) in [4.78, 5) is 34.6. The van der Waals surface area contributed by atoms with Gasteiger partial charge in [0.15, 0.2) is 6.29 Å². The Balaban J connectivity index is 2.18. The van der Waals surface area contributed by atoms with Crippen LogP contribution >= 0.6 is 0 Å². The van der Waals surface area contributed by atoms with Crippen molar-refractivity contribution < 1.29 is 19.1 Å². The maximum absolute atomic E-state index is 11.7. The molecular weight excluding hydrogens is 248 g/mol. The van der Waals surface area contributed by atoms with Crippen molar-refractivity contribution >= 4 is 23.9 Å². The number of urea groups is 1. The van der Waals surface area contributed by atoms with E-state index in [1.165, 1.54) is 4.90 Å². The Bertz CT molecular complexity index is 527. The number of carbonyl (C=O) groups excluding carboxylic acids is 3. The first-order valence-electron chi connectivity index (χ1n) is 5.90. The van der Waals surface area contributed by atoms with Gasteiger partial charge in [-0.05, 0) is 30.7 Å². The molecule has 2 rings (SSSR count). The molecule has 1 aromatic carbocycles. The molecule has 1 fully saturated rings. The second-order valence-corrected chi connectivity index (χ2v) is 4.18. The van der Waals surface area contributed by atoms with E-state index in [0.29, 0.717) is 18.6 Å². The van der Waals surface area contributed by atoms with Gasteiger partial charge < -0.3 is 4.74 Å². The minimum atomic E-state index is -0.416. The predicted octanol–water partition coefficient (Wildman–Crippen LogP) is 1.02. The summed E-state index contributed by atoms with van der Waals surface area (Å²) in [5.74, 6) is 0.312. The van der Waals surface area contributed by atoms with Crippen LogP contribution in [0.3, 0.4) is 0 Å². The van der Waals surface area contributed by atoms with E-state index in [2.05, 4.69) is 5.32 Å². The van der Waals surface area contributed by atoms with Crippen molar-refractivity contribution in [1.82, 2.24) is 5.32 Å². The summed E-state index contributed by atoms with van der Waals surface area (Å²) in [6.45, 7) is 2.20. The van der Waals surface area contributed by atoms with E-state index in [9.17, 15) is 14.4 Å². The zero-order valence-corrected chi connectivity index (χ0v) is 10.5. The van der Waals surface area contributed by atoms with E-state index >= 15 is 0 Å². The number of hydrogen-bond donors (Lipinski definition) is 1. The van der Waals surface area contributed by atoms with E-state index in [1.807, 2.05) is 6.92 Å². The largest absolute Gasteiger partial charge is 0.486 e. The summed E-state index contributed by atoms with van der Waals surface area (Å²) in [5, 5.41) is 2.27. The normalized spacial score (nSPS) is 15.1. The Morgan fingerprint density at radius 3 is 2.84 bits per heavy atom. The zero-order chi connectivity index (χ0) is 13.8. The van der Waals surface area contributed by atoms with Crippen molar-refractivity contribution in [2.45, 2.75) is 13.3 Å². The molecule has 0 spiro atoms. The molecule has 1 N–H and O–H groups in total. The van der Waals surface area contributed by atoms with Crippen LogP contribution in [0.1, 0.15) is 12.0 Å². The fraction of sp³-hybridized carbons (Fsp3) is 0.308. The zero-order valence-electron chi connectivity index (χ0n) is 10.5. The number of anilines is 1. The van der Waals surface area contributed by atoms with Gasteiger partial charge in [0.25, 0.3) is 0 Å². The fourth-order valence-electron chi connectivity index (χ4n) is 1.94. The molecular formula is C13H14N2O4. The molecule has 6 nitrogen and oxygen atoms in total. The predicted molar refractivity (Wildman–Crippen MR) is 68.2 cm³/mol. The summed E-state index contributed by atoms with van der Waals surface area (Å²) in [6, 6.07) is 4.77. The van der Waals surface area contributed by atoms with Crippen LogP contribution in [-0.4, -0.2) is 31.4 Å². The first kappa shape index (κ1) is 13.1. The van der Waals surface area contributed by atoms with Crippen LogP contribution in [0.25, 0.3) is 0 Å². The number of imide groups is 1. The van der Waals surface area contributed by atoms with Crippen LogP contribution in [0.15, 0.2) is 18.2 Å². The molecule has 100 valence electrons. The average Bonchev–Trinajstić information content (AvgIpc) is 2.37. The van der Waals surface area contributed by atoms with Gasteiger partial charge in [-0.3, -0.25) is 19.8 Å². The van der Waals surface area contributed by atoms with Crippen LogP contribution in [0.4, 0.5) is 10.5 Å². The third-order valence-electron chi connectivity index (χ3n) is 2.83. The maximum atomic E-state index is 11.7. The number of ether oxygens (including phenoxy) is 1. The van der Waals surface area contributed by atoms with Crippen LogP contribution in [0.2, 0.25) is 0 Å². The number of aryl methyl sites for hydroxylation is 1. The summed E-state index contributed by atoms with van der Waals surface area (Å²) in [5.41, 5.74) is 1.57. The monoisotopic (exact) mass is 262 g/mol. The van der Waals surface area contributed by atoms with Gasteiger partial charge in [-0.15, -0.1) is 0 Å². The third kappa shape index (κ3) is 2.90. The molecule has 0 bridgehead atoms. The number of rotatable bonds is 4. The lowest BCUT2D eigenvalue weighted by Crippen LogP contribution is -2.49. The molecule has 1 heterocycles. The molecule has 6 heteroatoms. The molecule has 0 aromatic heterocycles. The Morgan fingerprint density at radius 1 is 1.42 bits per heavy atom. The number of hydrogen-bond acceptors (Lipinski definition) is 4. The second kappa shape index (κ2) is 5.51. The Kier molecular flexibility index (Phi) is 3.79. The molecule has 0 atom stereocenters. The van der Waals surface area contributed by atoms with Crippen molar-refractivity contribution in [2.24, 2.45) is 0 Å². The lowest BCUT2D eigenvalue weighted by atomic mass is 10.1. The SMILES string of the molecule is Cc1cc(OCC=O)ccc1N1CCC(=O)NC1=O. The van der Waals surface area contributed by atoms with Crippen LogP contribution in [-0.2, 0) is 9.59 Å². The minimum absolute atomic E-state index is 0.00249. The highest BCUT2D eigenvalue weighted by Crippen LogP contribution is 2.26. The van der Waals surface area contributed by atoms with E-state index in [1.54, 1.807) is 18.2 Å². The highest BCUT2D eigenvalue weighted by molar-refractivity contribution is 6.05. The molecule has 1 saturated heterocycles. The summed E-state index contributed by atoms with van der Waals surface area (Å²) >= 11 is 0. The smallest absolute Gasteiger partial charge is 0.328 e. The van der Waals surface area contributed by atoms with Crippen LogP contribution < -0.4 is 15.0 Å². The van der Waals surface area contributed by atoms with Gasteiger partial charge in [-0.2, -0.15) is 0 Å². The van der Waals surface area contributed by atoms with Crippen LogP contribution in [0.5, 0.6) is 5.75 Å². The highest BCUT2D eigenvalue weighted by atomic mass is 16.5. The Labute approximate surface area is 110 Å². The number of amides is 3. The first-order valence-corrected chi connectivity index (χ1v) is 5.90. The maximum Gasteiger partial charge on any atom is 0.328 e. The van der Waals surface area contributed by atoms with E-state index in [-0.39, 0.29) is 18.9 Å². The lowest BCUT2D eigenvalue weighted by Gasteiger charge is -2.28. The van der Waals surface area contributed by atoms with Gasteiger partial charge in [-0.1, -0.05) is 0 Å². The van der Waals surface area contributed by atoms with Gasteiger partial charge in [0, 0.05) is 18.7 Å². The van der Waals surface area contributed by atoms with Crippen LogP contribution in [0, 0.1) is 6.92 Å². The Hall–Kier alpha value is -2.37. The highest BCUT2D eigenvalue weighted by Gasteiger charge is 2.25. The standard InChI is InChI=1S/C13H14N2O4/c1-9-8-10(19-7-6-16)2-3-11(9)15-5-4-12(17)14-13(15)18/h2-3,6,8H,4-5,7H2,1H3,(H,14,17,18). The molecule has 0 aliphatic carbocycles. The topological polar surface area (TPSA) is 75.7 Å². The molecule has 1 aromatic rings. The molecule has 0 unspecified atom stereocenters. The summed E-state index contributed by atoms with van der Waals surface area (Å²) < 4.78 is 5.18. The number of carbonyl (C=O) groups is 3. The lowest BCUT2D eigenvalue weighted by molar-refractivity contribution is -0.120. The van der Waals surface area contributed by atoms with Crippen molar-refractivity contribution in [1.29, 1.82) is 0 Å². The van der Waals surface area contributed by atoms with Crippen molar-refractivity contribution in [3.05, 3.63) is 23.8 Å². The molecule has 0 saturated carbocycles. The third-order valence-corrected chi connectivity index (χ3v) is 2.83. The summed E-state index contributed by atoms with van der Waals surface area (Å²) in [7, 11) is 0. The quantitative estimate of drug-likeness (QED) is 0.822. The van der Waals surface area contributed by atoms with Gasteiger partial charge >= 0.3 is 6.03 Å². The average molecular weight is 262 g/mol. The van der Waals surface area contributed by atoms with Gasteiger partial charge in [0.1, 0.15) is 12.4 Å². The first-order chi connectivity index (χ1) is 9.11. The van der Waals surface area contributed by atoms with E-state index in [0.717, 1.165) is 11.3 Å². The van der Waals surface area contributed by atoms with Crippen molar-refractivity contribution in [3.63, 3.8) is 0 Å². The minimum Gasteiger partial charge on any atom is -0.486 e. The van der Waals surface area contributed by atoms with E-state index < -0.39 is 6.03 Å². The second-order valence-electron chi connectivity index (χ2n) is 4.18. The Morgan fingerprint density at radius 2 is 2.21 bits per heavy atom.